The normalized spacial score (nSPS) is 26.8. The third-order valence-corrected chi connectivity index (χ3v) is 2.38. The lowest BCUT2D eigenvalue weighted by Crippen LogP contribution is -2.47. The van der Waals surface area contributed by atoms with E-state index in [4.69, 9.17) is 10.5 Å². The van der Waals surface area contributed by atoms with E-state index in [0.29, 0.717) is 6.61 Å². The molecular weight excluding hydrogens is 168 g/mol. The van der Waals surface area contributed by atoms with E-state index in [2.05, 4.69) is 5.32 Å². The summed E-state index contributed by atoms with van der Waals surface area (Å²) in [5, 5.41) is 2.83. The van der Waals surface area contributed by atoms with Gasteiger partial charge in [-0.05, 0) is 26.7 Å². The number of nitrogens with one attached hydrogen (secondary N) is 1. The summed E-state index contributed by atoms with van der Waals surface area (Å²) in [4.78, 5) is 11.5. The van der Waals surface area contributed by atoms with Gasteiger partial charge in [-0.2, -0.15) is 0 Å². The molecule has 1 saturated heterocycles. The largest absolute Gasteiger partial charge is 0.368 e. The molecule has 0 aromatic carbocycles. The molecule has 13 heavy (non-hydrogen) atoms. The Balaban J connectivity index is 2.31. The Bertz CT molecular complexity index is 176. The van der Waals surface area contributed by atoms with E-state index in [-0.39, 0.29) is 24.1 Å². The molecule has 0 radical (unpaired) electrons. The average molecular weight is 186 g/mol. The summed E-state index contributed by atoms with van der Waals surface area (Å²) in [5.74, 6) is -0.0256. The van der Waals surface area contributed by atoms with Crippen LogP contribution in [0.1, 0.15) is 26.7 Å². The summed E-state index contributed by atoms with van der Waals surface area (Å²) in [6.45, 7) is 4.47. The fourth-order valence-corrected chi connectivity index (χ4v) is 1.23. The number of hydrogen-bond donors (Lipinski definition) is 2. The molecule has 0 aromatic rings. The summed E-state index contributed by atoms with van der Waals surface area (Å²) >= 11 is 0. The first-order valence-corrected chi connectivity index (χ1v) is 4.79. The predicted molar refractivity (Wildman–Crippen MR) is 50.2 cm³/mol. The van der Waals surface area contributed by atoms with Crippen molar-refractivity contribution in [3.63, 3.8) is 0 Å². The highest BCUT2D eigenvalue weighted by Gasteiger charge is 2.24. The topological polar surface area (TPSA) is 64.3 Å². The monoisotopic (exact) mass is 186 g/mol. The standard InChI is InChI=1S/C9H18N2O2/c1-6(10)7(2)11-9(12)8-4-3-5-13-8/h6-8H,3-5,10H2,1-2H3,(H,11,12). The van der Waals surface area contributed by atoms with Gasteiger partial charge in [-0.25, -0.2) is 0 Å². The Labute approximate surface area is 78.8 Å². The first kappa shape index (κ1) is 10.5. The molecule has 1 aliphatic rings. The third kappa shape index (κ3) is 2.97. The Morgan fingerprint density at radius 1 is 1.62 bits per heavy atom. The Kier molecular flexibility index (Phi) is 3.69. The minimum atomic E-state index is -0.249. The number of ether oxygens (including phenoxy) is 1. The fraction of sp³-hybridized carbons (Fsp3) is 0.889. The fourth-order valence-electron chi connectivity index (χ4n) is 1.23. The van der Waals surface area contributed by atoms with E-state index in [1.165, 1.54) is 0 Å². The lowest BCUT2D eigenvalue weighted by atomic mass is 10.1. The van der Waals surface area contributed by atoms with Crippen LogP contribution in [0.25, 0.3) is 0 Å². The summed E-state index contributed by atoms with van der Waals surface area (Å²) < 4.78 is 5.24. The maximum atomic E-state index is 11.5. The van der Waals surface area contributed by atoms with Gasteiger partial charge in [-0.15, -0.1) is 0 Å². The van der Waals surface area contributed by atoms with Crippen molar-refractivity contribution < 1.29 is 9.53 Å². The van der Waals surface area contributed by atoms with E-state index in [1.807, 2.05) is 13.8 Å². The van der Waals surface area contributed by atoms with Crippen molar-refractivity contribution in [3.05, 3.63) is 0 Å². The van der Waals surface area contributed by atoms with E-state index in [9.17, 15) is 4.79 Å². The van der Waals surface area contributed by atoms with Crippen molar-refractivity contribution in [1.29, 1.82) is 0 Å². The zero-order valence-corrected chi connectivity index (χ0v) is 8.25. The van der Waals surface area contributed by atoms with Gasteiger partial charge in [0.1, 0.15) is 6.10 Å². The molecule has 4 heteroatoms. The molecule has 1 amide bonds. The summed E-state index contributed by atoms with van der Waals surface area (Å²) in [6.07, 6.45) is 1.56. The Hall–Kier alpha value is -0.610. The molecule has 3 atom stereocenters. The van der Waals surface area contributed by atoms with Crippen LogP contribution in [0.5, 0.6) is 0 Å². The average Bonchev–Trinajstić information content (AvgIpc) is 2.55. The molecule has 0 saturated carbocycles. The van der Waals surface area contributed by atoms with Crippen LogP contribution in [0.4, 0.5) is 0 Å². The molecule has 3 N–H and O–H groups in total. The van der Waals surface area contributed by atoms with Gasteiger partial charge in [-0.3, -0.25) is 4.79 Å². The molecule has 1 heterocycles. The van der Waals surface area contributed by atoms with Gasteiger partial charge in [0.15, 0.2) is 0 Å². The van der Waals surface area contributed by atoms with Crippen LogP contribution in [-0.2, 0) is 9.53 Å². The van der Waals surface area contributed by atoms with Crippen LogP contribution >= 0.6 is 0 Å². The lowest BCUT2D eigenvalue weighted by Gasteiger charge is -2.19. The zero-order chi connectivity index (χ0) is 9.84. The van der Waals surface area contributed by atoms with Crippen molar-refractivity contribution in [2.24, 2.45) is 5.73 Å². The maximum Gasteiger partial charge on any atom is 0.249 e. The van der Waals surface area contributed by atoms with Crippen LogP contribution in [-0.4, -0.2) is 30.7 Å². The Morgan fingerprint density at radius 2 is 2.31 bits per heavy atom. The minimum absolute atomic E-state index is 0.0108. The molecule has 0 aromatic heterocycles. The lowest BCUT2D eigenvalue weighted by molar-refractivity contribution is -0.130. The number of hydrogen-bond acceptors (Lipinski definition) is 3. The molecule has 3 unspecified atom stereocenters. The second-order valence-electron chi connectivity index (χ2n) is 3.66. The molecule has 1 fully saturated rings. The van der Waals surface area contributed by atoms with Crippen molar-refractivity contribution >= 4 is 5.91 Å². The summed E-state index contributed by atoms with van der Waals surface area (Å²) in [6, 6.07) is -0.0120. The van der Waals surface area contributed by atoms with Crippen molar-refractivity contribution in [2.45, 2.75) is 44.9 Å². The highest BCUT2D eigenvalue weighted by Crippen LogP contribution is 2.11. The molecule has 76 valence electrons. The van der Waals surface area contributed by atoms with Crippen LogP contribution in [0.15, 0.2) is 0 Å². The van der Waals surface area contributed by atoms with Crippen LogP contribution in [0.2, 0.25) is 0 Å². The van der Waals surface area contributed by atoms with Gasteiger partial charge in [0.25, 0.3) is 0 Å². The molecule has 4 nitrogen and oxygen atoms in total. The SMILES string of the molecule is CC(N)C(C)NC(=O)C1CCCO1. The molecule has 0 bridgehead atoms. The second kappa shape index (κ2) is 4.58. The predicted octanol–water partition coefficient (Wildman–Crippen LogP) is 0.0173. The summed E-state index contributed by atoms with van der Waals surface area (Å²) in [5.41, 5.74) is 5.63. The zero-order valence-electron chi connectivity index (χ0n) is 8.25. The van der Waals surface area contributed by atoms with Gasteiger partial charge in [-0.1, -0.05) is 0 Å². The number of amides is 1. The number of carbonyl (C=O) groups is 1. The first-order chi connectivity index (χ1) is 6.11. The highest BCUT2D eigenvalue weighted by molar-refractivity contribution is 5.81. The van der Waals surface area contributed by atoms with Crippen molar-refractivity contribution in [2.75, 3.05) is 6.61 Å². The molecule has 0 aliphatic carbocycles. The van der Waals surface area contributed by atoms with Crippen LogP contribution in [0, 0.1) is 0 Å². The van der Waals surface area contributed by atoms with E-state index >= 15 is 0 Å². The third-order valence-electron chi connectivity index (χ3n) is 2.38. The minimum Gasteiger partial charge on any atom is -0.368 e. The maximum absolute atomic E-state index is 11.5. The molecule has 1 rings (SSSR count). The number of nitrogens with two attached hydrogens (primary N) is 1. The second-order valence-corrected chi connectivity index (χ2v) is 3.66. The quantitative estimate of drug-likeness (QED) is 0.653. The van der Waals surface area contributed by atoms with Crippen molar-refractivity contribution in [1.82, 2.24) is 5.32 Å². The van der Waals surface area contributed by atoms with E-state index in [0.717, 1.165) is 12.8 Å². The van der Waals surface area contributed by atoms with Gasteiger partial charge >= 0.3 is 0 Å². The summed E-state index contributed by atoms with van der Waals surface area (Å²) in [7, 11) is 0. The van der Waals surface area contributed by atoms with Crippen molar-refractivity contribution in [3.8, 4) is 0 Å². The van der Waals surface area contributed by atoms with Gasteiger partial charge in [0.05, 0.1) is 0 Å². The number of rotatable bonds is 3. The molecule has 0 spiro atoms. The molecule has 1 aliphatic heterocycles. The van der Waals surface area contributed by atoms with Gasteiger partial charge in [0.2, 0.25) is 5.91 Å². The Morgan fingerprint density at radius 3 is 2.77 bits per heavy atom. The van der Waals surface area contributed by atoms with Gasteiger partial charge < -0.3 is 15.8 Å². The van der Waals surface area contributed by atoms with Crippen LogP contribution < -0.4 is 11.1 Å². The van der Waals surface area contributed by atoms with E-state index in [1.54, 1.807) is 0 Å². The first-order valence-electron chi connectivity index (χ1n) is 4.79. The van der Waals surface area contributed by atoms with E-state index < -0.39 is 0 Å². The highest BCUT2D eigenvalue weighted by atomic mass is 16.5. The van der Waals surface area contributed by atoms with Gasteiger partial charge in [0, 0.05) is 18.7 Å². The van der Waals surface area contributed by atoms with Crippen LogP contribution in [0.3, 0.4) is 0 Å². The molecular formula is C9H18N2O2. The number of carbonyl (C=O) groups excluding carboxylic acids is 1. The smallest absolute Gasteiger partial charge is 0.249 e.